The van der Waals surface area contributed by atoms with Crippen LogP contribution in [0, 0.1) is 35.5 Å². The van der Waals surface area contributed by atoms with Gasteiger partial charge in [-0.1, -0.05) is 53.7 Å². The molecule has 63 heavy (non-hydrogen) atoms. The maximum Gasteiger partial charge on any atom is 0.224 e. The van der Waals surface area contributed by atoms with E-state index in [4.69, 9.17) is 28.7 Å². The molecule has 0 saturated heterocycles. The molecule has 0 aromatic heterocycles. The molecule has 0 aliphatic heterocycles. The van der Waals surface area contributed by atoms with Crippen molar-refractivity contribution >= 4 is 58.8 Å². The van der Waals surface area contributed by atoms with Gasteiger partial charge in [-0.05, 0) is 74.5 Å². The predicted octanol–water partition coefficient (Wildman–Crippen LogP) is 0.933. The number of aliphatic imine (C=N–C) groups is 1. The molecule has 7 atom stereocenters. The van der Waals surface area contributed by atoms with Crippen LogP contribution in [-0.2, 0) is 49.6 Å². The average Bonchev–Trinajstić information content (AvgIpc) is 3.18. The summed E-state index contributed by atoms with van der Waals surface area (Å²) in [5, 5.41) is 18.0. The molecule has 19 heteroatoms. The van der Waals surface area contributed by atoms with Crippen molar-refractivity contribution in [1.82, 2.24) is 16.0 Å². The third kappa shape index (κ3) is 22.7. The largest absolute Gasteiger partial charge is 0.508 e. The number of nitrogens with zero attached hydrogens (tertiary/aromatic N) is 1. The van der Waals surface area contributed by atoms with Crippen molar-refractivity contribution in [2.45, 2.75) is 137 Å². The smallest absolute Gasteiger partial charge is 0.224 e. The molecule has 0 aliphatic rings. The first-order chi connectivity index (χ1) is 29.4. The number of aromatic hydroxyl groups is 1. The van der Waals surface area contributed by atoms with Crippen molar-refractivity contribution in [1.29, 1.82) is 0 Å². The molecule has 0 heterocycles. The van der Waals surface area contributed by atoms with Gasteiger partial charge in [-0.15, -0.1) is 0 Å². The first-order valence-corrected chi connectivity index (χ1v) is 21.6. The van der Waals surface area contributed by atoms with Crippen molar-refractivity contribution in [3.8, 4) is 5.75 Å². The Morgan fingerprint density at radius 2 is 1.05 bits per heavy atom. The van der Waals surface area contributed by atoms with Gasteiger partial charge in [-0.3, -0.25) is 48.1 Å². The van der Waals surface area contributed by atoms with Gasteiger partial charge in [0.2, 0.25) is 35.4 Å². The minimum absolute atomic E-state index is 0.00827. The number of rotatable bonds is 32. The minimum atomic E-state index is -1.24. The Morgan fingerprint density at radius 3 is 1.59 bits per heavy atom. The van der Waals surface area contributed by atoms with Gasteiger partial charge in [0.1, 0.15) is 5.75 Å². The Balaban J connectivity index is 3.44. The predicted molar refractivity (Wildman–Crippen MR) is 237 cm³/mol. The Labute approximate surface area is 370 Å². The van der Waals surface area contributed by atoms with Crippen molar-refractivity contribution in [2.75, 3.05) is 6.54 Å². The second kappa shape index (κ2) is 27.9. The monoisotopic (exact) mass is 886 g/mol. The summed E-state index contributed by atoms with van der Waals surface area (Å²) in [5.41, 5.74) is 27.7. The van der Waals surface area contributed by atoms with Gasteiger partial charge < -0.3 is 49.7 Å². The lowest BCUT2D eigenvalue weighted by Gasteiger charge is -2.26. The van der Waals surface area contributed by atoms with Crippen LogP contribution in [0.1, 0.15) is 118 Å². The summed E-state index contributed by atoms with van der Waals surface area (Å²) in [6.45, 7) is 10.7. The number of phenolic OH excluding ortho intramolecular Hbond substituents is 1. The molecule has 0 unspecified atom stereocenters. The number of benzene rings is 1. The molecule has 0 spiro atoms. The number of phenols is 1. The lowest BCUT2D eigenvalue weighted by Crippen LogP contribution is -2.48. The number of nitrogens with two attached hydrogens (primary N) is 5. The van der Waals surface area contributed by atoms with Crippen LogP contribution < -0.4 is 44.6 Å². The Hall–Kier alpha value is -5.88. The quantitative estimate of drug-likeness (QED) is 0.0277. The molecule has 0 bridgehead atoms. The standard InChI is InChI=1S/C44H71N9O10/c1-24(2)18-29(40(47)60)22-37(57)34(19-25(3)4)53-42(62)27(6)20-35(55)32(8-7-17-50-44(48)49)52-43(63)30(21-28-10-12-31(54)13-11-28)23-36(56)33(14-16-39(46)59)51-41(61)26(5)9-15-38(45)58/h10-13,24-27,29-30,32-34,54H,7-9,14-23H2,1-6H3,(H2,45,58)(H2,46,59)(H2,47,60)(H,51,61)(H,52,63)(H,53,62)(H4,48,49,50)/t26-,27+,29+,30+,32-,33-,34-/m0/s1. The SMILES string of the molecule is CC(C)C[C@H](CC(=O)[C@H](CC(C)C)NC(=O)[C@H](C)CC(=O)[C@H](CCCN=C(N)N)NC(=O)[C@@H](CC(=O)[C@H](CCC(N)=O)NC(=O)[C@@H](C)CCC(N)=O)Cc1ccc(O)cc1)C(N)=O. The number of ketones is 3. The lowest BCUT2D eigenvalue weighted by atomic mass is 9.87. The van der Waals surface area contributed by atoms with E-state index in [9.17, 15) is 48.3 Å². The van der Waals surface area contributed by atoms with Crippen molar-refractivity contribution in [3.05, 3.63) is 29.8 Å². The van der Waals surface area contributed by atoms with Gasteiger partial charge >= 0.3 is 0 Å². The second-order valence-corrected chi connectivity index (χ2v) is 17.4. The lowest BCUT2D eigenvalue weighted by molar-refractivity contribution is -0.135. The molecule has 0 fully saturated rings. The number of primary amides is 3. The van der Waals surface area contributed by atoms with Crippen LogP contribution in [0.5, 0.6) is 5.75 Å². The molecule has 0 aliphatic carbocycles. The topological polar surface area (TPSA) is 352 Å². The van der Waals surface area contributed by atoms with Crippen LogP contribution in [0.4, 0.5) is 0 Å². The molecule has 0 saturated carbocycles. The second-order valence-electron chi connectivity index (χ2n) is 17.4. The van der Waals surface area contributed by atoms with E-state index in [2.05, 4.69) is 20.9 Å². The summed E-state index contributed by atoms with van der Waals surface area (Å²) in [4.78, 5) is 121. The zero-order valence-corrected chi connectivity index (χ0v) is 37.7. The summed E-state index contributed by atoms with van der Waals surface area (Å²) >= 11 is 0. The van der Waals surface area contributed by atoms with E-state index in [1.54, 1.807) is 19.1 Å². The normalized spacial score (nSPS) is 14.5. The number of hydrogen-bond donors (Lipinski definition) is 9. The van der Waals surface area contributed by atoms with Gasteiger partial charge in [0.25, 0.3) is 0 Å². The van der Waals surface area contributed by atoms with Crippen LogP contribution in [0.3, 0.4) is 0 Å². The van der Waals surface area contributed by atoms with Crippen molar-refractivity contribution in [3.63, 3.8) is 0 Å². The fraction of sp³-hybridized carbons (Fsp3) is 0.636. The molecular weight excluding hydrogens is 815 g/mol. The number of amides is 6. The van der Waals surface area contributed by atoms with E-state index in [0.29, 0.717) is 12.0 Å². The number of carbonyl (C=O) groups excluding carboxylic acids is 9. The molecule has 14 N–H and O–H groups in total. The zero-order chi connectivity index (χ0) is 48.0. The Morgan fingerprint density at radius 1 is 0.571 bits per heavy atom. The molecule has 0 radical (unpaired) electrons. The van der Waals surface area contributed by atoms with Crippen LogP contribution in [0.15, 0.2) is 29.3 Å². The maximum atomic E-state index is 14.2. The van der Waals surface area contributed by atoms with Gasteiger partial charge in [-0.2, -0.15) is 0 Å². The van der Waals surface area contributed by atoms with E-state index in [0.717, 1.165) is 0 Å². The molecule has 352 valence electrons. The molecule has 1 rings (SSSR count). The van der Waals surface area contributed by atoms with Gasteiger partial charge in [0.05, 0.1) is 18.1 Å². The summed E-state index contributed by atoms with van der Waals surface area (Å²) in [6.07, 6.45) is -0.459. The van der Waals surface area contributed by atoms with Crippen LogP contribution >= 0.6 is 0 Å². The number of nitrogens with one attached hydrogen (secondary N) is 3. The van der Waals surface area contributed by atoms with Gasteiger partial charge in [0.15, 0.2) is 23.3 Å². The van der Waals surface area contributed by atoms with Gasteiger partial charge in [-0.25, -0.2) is 0 Å². The number of guanidine groups is 1. The first-order valence-electron chi connectivity index (χ1n) is 21.6. The highest BCUT2D eigenvalue weighted by Crippen LogP contribution is 2.22. The first kappa shape index (κ1) is 55.1. The molecule has 6 amide bonds. The van der Waals surface area contributed by atoms with E-state index >= 15 is 0 Å². The van der Waals surface area contributed by atoms with E-state index < -0.39 is 95.2 Å². The van der Waals surface area contributed by atoms with Crippen LogP contribution in [0.2, 0.25) is 0 Å². The Bertz CT molecular complexity index is 1760. The molecule has 1 aromatic carbocycles. The highest BCUT2D eigenvalue weighted by molar-refractivity contribution is 5.97. The minimum Gasteiger partial charge on any atom is -0.508 e. The highest BCUT2D eigenvalue weighted by Gasteiger charge is 2.34. The summed E-state index contributed by atoms with van der Waals surface area (Å²) in [5.74, 6) is -8.98. The molecule has 19 nitrogen and oxygen atoms in total. The Kier molecular flexibility index (Phi) is 24.5. The van der Waals surface area contributed by atoms with Crippen molar-refractivity contribution in [2.24, 2.45) is 69.2 Å². The third-order valence-electron chi connectivity index (χ3n) is 10.5. The fourth-order valence-electron chi connectivity index (χ4n) is 6.92. The zero-order valence-electron chi connectivity index (χ0n) is 37.7. The third-order valence-corrected chi connectivity index (χ3v) is 10.5. The van der Waals surface area contributed by atoms with Gasteiger partial charge in [0, 0.05) is 62.3 Å². The molecule has 1 aromatic rings. The maximum absolute atomic E-state index is 14.2. The number of hydrogen-bond acceptors (Lipinski definition) is 11. The highest BCUT2D eigenvalue weighted by atomic mass is 16.3. The summed E-state index contributed by atoms with van der Waals surface area (Å²) in [7, 11) is 0. The molecular formula is C44H71N9O10. The summed E-state index contributed by atoms with van der Waals surface area (Å²) in [6, 6.07) is 2.55. The van der Waals surface area contributed by atoms with E-state index in [1.807, 2.05) is 27.7 Å². The summed E-state index contributed by atoms with van der Waals surface area (Å²) < 4.78 is 0. The van der Waals surface area contributed by atoms with Crippen LogP contribution in [-0.4, -0.2) is 88.5 Å². The average molecular weight is 886 g/mol. The van der Waals surface area contributed by atoms with E-state index in [1.165, 1.54) is 19.1 Å². The number of carbonyl (C=O) groups is 9. The fourth-order valence-corrected chi connectivity index (χ4v) is 6.92. The van der Waals surface area contributed by atoms with Crippen LogP contribution in [0.25, 0.3) is 0 Å². The number of Topliss-reactive ketones (excluding diaryl/α,β-unsaturated/α-hetero) is 3. The van der Waals surface area contributed by atoms with E-state index in [-0.39, 0.29) is 100 Å². The van der Waals surface area contributed by atoms with Crippen molar-refractivity contribution < 1.29 is 48.3 Å².